The summed E-state index contributed by atoms with van der Waals surface area (Å²) in [5, 5.41) is 9.41. The van der Waals surface area contributed by atoms with Crippen LogP contribution in [0.2, 0.25) is 0 Å². The minimum atomic E-state index is -0.198. The monoisotopic (exact) mass is 394 g/mol. The van der Waals surface area contributed by atoms with Gasteiger partial charge in [0.05, 0.1) is 11.8 Å². The van der Waals surface area contributed by atoms with Crippen LogP contribution in [-0.4, -0.2) is 21.2 Å². The second-order valence-electron chi connectivity index (χ2n) is 8.04. The molecule has 3 heteroatoms. The number of aliphatic hydroxyl groups is 1. The van der Waals surface area contributed by atoms with Crippen LogP contribution in [0, 0.1) is 0 Å². The largest absolute Gasteiger partial charge is 0.393 e. The van der Waals surface area contributed by atoms with Gasteiger partial charge in [-0.2, -0.15) is 0 Å². The molecule has 3 nitrogen and oxygen atoms in total. The molecule has 0 saturated heterocycles. The molecule has 1 N–H and O–H groups in total. The van der Waals surface area contributed by atoms with Gasteiger partial charge in [0.1, 0.15) is 6.33 Å². The van der Waals surface area contributed by atoms with E-state index in [1.165, 1.54) is 48.8 Å². The number of rotatable bonds is 14. The Morgan fingerprint density at radius 1 is 1.00 bits per heavy atom. The predicted molar refractivity (Wildman–Crippen MR) is 124 cm³/mol. The van der Waals surface area contributed by atoms with Crippen LogP contribution >= 0.6 is 0 Å². The number of hydrogen-bond acceptors (Lipinski definition) is 3. The molecular formula is C26H38N2O. The normalized spacial score (nSPS) is 12.5. The van der Waals surface area contributed by atoms with Crippen molar-refractivity contribution in [2.24, 2.45) is 0 Å². The van der Waals surface area contributed by atoms with Crippen LogP contribution in [0.5, 0.6) is 0 Å². The topological polar surface area (TPSA) is 46.0 Å². The Balaban J connectivity index is 1.99. The fourth-order valence-electron chi connectivity index (χ4n) is 3.65. The Bertz CT molecular complexity index is 724. The summed E-state index contributed by atoms with van der Waals surface area (Å²) in [4.78, 5) is 8.90. The van der Waals surface area contributed by atoms with E-state index in [2.05, 4.69) is 53.3 Å². The second-order valence-corrected chi connectivity index (χ2v) is 8.04. The van der Waals surface area contributed by atoms with Gasteiger partial charge in [0.2, 0.25) is 0 Å². The van der Waals surface area contributed by atoms with Gasteiger partial charge in [-0.1, -0.05) is 81.9 Å². The maximum absolute atomic E-state index is 9.41. The van der Waals surface area contributed by atoms with E-state index >= 15 is 0 Å². The molecule has 2 aromatic rings. The van der Waals surface area contributed by atoms with Gasteiger partial charge in [-0.25, -0.2) is 9.97 Å². The molecule has 1 aromatic carbocycles. The van der Waals surface area contributed by atoms with E-state index in [0.29, 0.717) is 0 Å². The molecule has 0 aliphatic heterocycles. The van der Waals surface area contributed by atoms with Gasteiger partial charge in [-0.05, 0) is 50.2 Å². The van der Waals surface area contributed by atoms with Gasteiger partial charge < -0.3 is 5.11 Å². The first-order valence-electron chi connectivity index (χ1n) is 11.4. The number of aromatic nitrogens is 2. The van der Waals surface area contributed by atoms with Crippen LogP contribution < -0.4 is 0 Å². The Morgan fingerprint density at radius 2 is 1.79 bits per heavy atom. The summed E-state index contributed by atoms with van der Waals surface area (Å²) < 4.78 is 0. The molecule has 0 fully saturated rings. The van der Waals surface area contributed by atoms with E-state index in [1.54, 1.807) is 6.33 Å². The first-order chi connectivity index (χ1) is 14.2. The van der Waals surface area contributed by atoms with Crippen molar-refractivity contribution in [3.63, 3.8) is 0 Å². The zero-order valence-electron chi connectivity index (χ0n) is 18.3. The minimum Gasteiger partial charge on any atom is -0.393 e. The first-order valence-corrected chi connectivity index (χ1v) is 11.4. The highest BCUT2D eigenvalue weighted by atomic mass is 16.3. The summed E-state index contributed by atoms with van der Waals surface area (Å²) in [7, 11) is 0. The van der Waals surface area contributed by atoms with E-state index in [-0.39, 0.29) is 6.10 Å². The van der Waals surface area contributed by atoms with Gasteiger partial charge >= 0.3 is 0 Å². The highest BCUT2D eigenvalue weighted by Gasteiger charge is 2.10. The van der Waals surface area contributed by atoms with Crippen LogP contribution in [0.4, 0.5) is 0 Å². The number of nitrogens with zero attached hydrogens (tertiary/aromatic N) is 2. The number of aryl methyl sites for hydroxylation is 1. The van der Waals surface area contributed by atoms with Gasteiger partial charge in [0.25, 0.3) is 0 Å². The highest BCUT2D eigenvalue weighted by molar-refractivity contribution is 5.74. The number of hydrogen-bond donors (Lipinski definition) is 1. The van der Waals surface area contributed by atoms with Crippen molar-refractivity contribution >= 4 is 6.08 Å². The SMILES string of the molecule is CCCCCCC/C=C/c1ccccc1-c1ncncc1CCCCCC(C)O. The molecule has 0 radical (unpaired) electrons. The van der Waals surface area contributed by atoms with Gasteiger partial charge in [-0.15, -0.1) is 0 Å². The van der Waals surface area contributed by atoms with Gasteiger partial charge in [0, 0.05) is 11.8 Å². The van der Waals surface area contributed by atoms with Crippen molar-refractivity contribution in [3.05, 3.63) is 54.0 Å². The van der Waals surface area contributed by atoms with E-state index in [0.717, 1.165) is 44.2 Å². The zero-order chi connectivity index (χ0) is 20.7. The predicted octanol–water partition coefficient (Wildman–Crippen LogP) is 7.00. The quantitative estimate of drug-likeness (QED) is 0.351. The highest BCUT2D eigenvalue weighted by Crippen LogP contribution is 2.27. The molecule has 1 unspecified atom stereocenters. The van der Waals surface area contributed by atoms with E-state index < -0.39 is 0 Å². The van der Waals surface area contributed by atoms with Crippen LogP contribution in [0.1, 0.15) is 89.2 Å². The molecule has 0 bridgehead atoms. The van der Waals surface area contributed by atoms with Crippen molar-refractivity contribution in [2.75, 3.05) is 0 Å². The molecule has 0 aliphatic carbocycles. The van der Waals surface area contributed by atoms with Crippen LogP contribution in [-0.2, 0) is 6.42 Å². The molecule has 0 amide bonds. The average Bonchev–Trinajstić information content (AvgIpc) is 2.73. The lowest BCUT2D eigenvalue weighted by atomic mass is 9.97. The maximum atomic E-state index is 9.41. The Labute approximate surface area is 177 Å². The van der Waals surface area contributed by atoms with Crippen molar-refractivity contribution in [1.29, 1.82) is 0 Å². The lowest BCUT2D eigenvalue weighted by molar-refractivity contribution is 0.180. The number of aliphatic hydroxyl groups excluding tert-OH is 1. The van der Waals surface area contributed by atoms with E-state index in [9.17, 15) is 5.11 Å². The first kappa shape index (κ1) is 23.3. The van der Waals surface area contributed by atoms with Crippen LogP contribution in [0.15, 0.2) is 42.9 Å². The summed E-state index contributed by atoms with van der Waals surface area (Å²) in [6, 6.07) is 8.53. The van der Waals surface area contributed by atoms with Crippen molar-refractivity contribution in [1.82, 2.24) is 9.97 Å². The molecule has 1 aromatic heterocycles. The third-order valence-corrected chi connectivity index (χ3v) is 5.34. The third-order valence-electron chi connectivity index (χ3n) is 5.34. The molecule has 2 rings (SSSR count). The molecule has 1 atom stereocenters. The maximum Gasteiger partial charge on any atom is 0.116 e. The third kappa shape index (κ3) is 8.91. The fourth-order valence-corrected chi connectivity index (χ4v) is 3.65. The summed E-state index contributed by atoms with van der Waals surface area (Å²) in [6.07, 6.45) is 20.9. The standard InChI is InChI=1S/C26H38N2O/c1-3-4-5-6-7-8-11-16-23-17-13-14-19-25(23)26-24(20-27-21-28-26)18-12-9-10-15-22(2)29/h11,13-14,16-17,19-22,29H,3-10,12,15,18H2,1-2H3/b16-11+. The second kappa shape index (κ2) is 14.1. The Hall–Kier alpha value is -2.00. The lowest BCUT2D eigenvalue weighted by Crippen LogP contribution is -1.99. The molecule has 158 valence electrons. The zero-order valence-corrected chi connectivity index (χ0v) is 18.3. The van der Waals surface area contributed by atoms with Crippen molar-refractivity contribution in [2.45, 2.75) is 90.6 Å². The number of allylic oxidation sites excluding steroid dienone is 1. The average molecular weight is 395 g/mol. The van der Waals surface area contributed by atoms with Gasteiger partial charge in [0.15, 0.2) is 0 Å². The molecule has 29 heavy (non-hydrogen) atoms. The van der Waals surface area contributed by atoms with Gasteiger partial charge in [-0.3, -0.25) is 0 Å². The summed E-state index contributed by atoms with van der Waals surface area (Å²) in [5.41, 5.74) is 4.69. The van der Waals surface area contributed by atoms with Crippen LogP contribution in [0.25, 0.3) is 17.3 Å². The fraction of sp³-hybridized carbons (Fsp3) is 0.538. The molecule has 0 saturated carbocycles. The summed E-state index contributed by atoms with van der Waals surface area (Å²) >= 11 is 0. The molecule has 1 heterocycles. The van der Waals surface area contributed by atoms with E-state index in [4.69, 9.17) is 0 Å². The molecule has 0 aliphatic rings. The minimum absolute atomic E-state index is 0.198. The molecular weight excluding hydrogens is 356 g/mol. The number of benzene rings is 1. The van der Waals surface area contributed by atoms with E-state index in [1.807, 2.05) is 13.1 Å². The van der Waals surface area contributed by atoms with Crippen molar-refractivity contribution < 1.29 is 5.11 Å². The Morgan fingerprint density at radius 3 is 2.62 bits per heavy atom. The lowest BCUT2D eigenvalue weighted by Gasteiger charge is -2.11. The number of unbranched alkanes of at least 4 members (excludes halogenated alkanes) is 7. The summed E-state index contributed by atoms with van der Waals surface area (Å²) in [5.74, 6) is 0. The van der Waals surface area contributed by atoms with Crippen molar-refractivity contribution in [3.8, 4) is 11.3 Å². The molecule has 0 spiro atoms. The summed E-state index contributed by atoms with van der Waals surface area (Å²) in [6.45, 7) is 4.12. The Kier molecular flexibility index (Phi) is 11.3. The smallest absolute Gasteiger partial charge is 0.116 e. The van der Waals surface area contributed by atoms with Crippen LogP contribution in [0.3, 0.4) is 0 Å².